The Hall–Kier alpha value is -0.320. The van der Waals surface area contributed by atoms with Gasteiger partial charge in [-0.15, -0.1) is 0 Å². The van der Waals surface area contributed by atoms with Crippen LogP contribution in [0.15, 0.2) is 0 Å². The normalized spacial score (nSPS) is 26.6. The first kappa shape index (κ1) is 11.8. The first-order valence-electron chi connectivity index (χ1n) is 4.40. The molecule has 4 N–H and O–H groups in total. The minimum absolute atomic E-state index is 0.0957. The van der Waals surface area contributed by atoms with E-state index in [0.717, 1.165) is 10.1 Å². The summed E-state index contributed by atoms with van der Waals surface area (Å²) in [7, 11) is 0. The molecule has 84 valence electrons. The number of hydrogen-bond donors (Lipinski definition) is 4. The van der Waals surface area contributed by atoms with Crippen LogP contribution in [0.2, 0.25) is 0 Å². The molecule has 0 saturated carbocycles. The van der Waals surface area contributed by atoms with Gasteiger partial charge in [0.1, 0.15) is 0 Å². The van der Waals surface area contributed by atoms with Crippen molar-refractivity contribution in [2.24, 2.45) is 0 Å². The SMILES string of the molecule is ON1CCN(O)CCN(O)N(O)CC1. The van der Waals surface area contributed by atoms with Crippen molar-refractivity contribution in [3.63, 3.8) is 0 Å². The highest BCUT2D eigenvalue weighted by molar-refractivity contribution is 4.55. The molecule has 1 saturated heterocycles. The van der Waals surface area contributed by atoms with E-state index in [1.165, 1.54) is 0 Å². The Morgan fingerprint density at radius 3 is 1.14 bits per heavy atom. The quantitative estimate of drug-likeness (QED) is 0.389. The molecule has 0 atom stereocenters. The van der Waals surface area contributed by atoms with Crippen molar-refractivity contribution in [1.29, 1.82) is 0 Å². The predicted molar refractivity (Wildman–Crippen MR) is 43.7 cm³/mol. The highest BCUT2D eigenvalue weighted by Gasteiger charge is 2.15. The summed E-state index contributed by atoms with van der Waals surface area (Å²) in [5.74, 6) is 0. The van der Waals surface area contributed by atoms with Gasteiger partial charge in [-0.05, 0) is 0 Å². The zero-order valence-electron chi connectivity index (χ0n) is 7.82. The van der Waals surface area contributed by atoms with Crippen molar-refractivity contribution in [2.45, 2.75) is 0 Å². The molecule has 0 spiro atoms. The number of nitrogens with zero attached hydrogens (tertiary/aromatic N) is 4. The fourth-order valence-corrected chi connectivity index (χ4v) is 1.10. The van der Waals surface area contributed by atoms with Crippen molar-refractivity contribution >= 4 is 0 Å². The number of hydrogen-bond acceptors (Lipinski definition) is 8. The Morgan fingerprint density at radius 2 is 0.786 bits per heavy atom. The maximum absolute atomic E-state index is 9.21. The lowest BCUT2D eigenvalue weighted by Crippen LogP contribution is -2.48. The Balaban J connectivity index is 2.44. The highest BCUT2D eigenvalue weighted by atomic mass is 16.7. The minimum Gasteiger partial charge on any atom is -0.314 e. The van der Waals surface area contributed by atoms with Crippen LogP contribution in [0.1, 0.15) is 0 Å². The van der Waals surface area contributed by atoms with Gasteiger partial charge in [0, 0.05) is 26.2 Å². The van der Waals surface area contributed by atoms with Gasteiger partial charge in [0.05, 0.1) is 13.1 Å². The monoisotopic (exact) mass is 208 g/mol. The number of hydroxylamine groups is 6. The summed E-state index contributed by atoms with van der Waals surface area (Å²) >= 11 is 0. The van der Waals surface area contributed by atoms with Crippen molar-refractivity contribution in [3.8, 4) is 0 Å². The Kier molecular flexibility index (Phi) is 4.65. The van der Waals surface area contributed by atoms with E-state index in [1.54, 1.807) is 0 Å². The Morgan fingerprint density at radius 1 is 0.500 bits per heavy atom. The molecule has 0 radical (unpaired) electrons. The molecule has 1 fully saturated rings. The van der Waals surface area contributed by atoms with Crippen molar-refractivity contribution < 1.29 is 20.8 Å². The molecule has 8 heteroatoms. The van der Waals surface area contributed by atoms with Crippen LogP contribution in [0.4, 0.5) is 0 Å². The van der Waals surface area contributed by atoms with Crippen molar-refractivity contribution in [2.75, 3.05) is 39.3 Å². The second-order valence-corrected chi connectivity index (χ2v) is 3.10. The summed E-state index contributed by atoms with van der Waals surface area (Å²) in [4.78, 5) is 0. The van der Waals surface area contributed by atoms with Gasteiger partial charge in [-0.3, -0.25) is 10.4 Å². The van der Waals surface area contributed by atoms with Crippen LogP contribution < -0.4 is 0 Å². The smallest absolute Gasteiger partial charge is 0.0574 e. The predicted octanol–water partition coefficient (Wildman–Crippen LogP) is -1.32. The van der Waals surface area contributed by atoms with Gasteiger partial charge in [0.25, 0.3) is 0 Å². The van der Waals surface area contributed by atoms with Crippen LogP contribution in [0, 0.1) is 0 Å². The molecular weight excluding hydrogens is 192 g/mol. The summed E-state index contributed by atoms with van der Waals surface area (Å²) in [5.41, 5.74) is 0. The zero-order valence-corrected chi connectivity index (χ0v) is 7.82. The third-order valence-corrected chi connectivity index (χ3v) is 2.00. The van der Waals surface area contributed by atoms with Crippen LogP contribution in [-0.2, 0) is 0 Å². The molecule has 0 aromatic carbocycles. The molecular formula is C6H16N4O4. The number of hydrazine groups is 1. The lowest BCUT2D eigenvalue weighted by molar-refractivity contribution is -0.374. The van der Waals surface area contributed by atoms with Gasteiger partial charge in [0.15, 0.2) is 0 Å². The van der Waals surface area contributed by atoms with E-state index in [1.807, 2.05) is 0 Å². The van der Waals surface area contributed by atoms with E-state index in [0.29, 0.717) is 10.3 Å². The summed E-state index contributed by atoms with van der Waals surface area (Å²) in [5, 5.41) is 39.9. The second-order valence-electron chi connectivity index (χ2n) is 3.10. The molecule has 0 unspecified atom stereocenters. The van der Waals surface area contributed by atoms with E-state index < -0.39 is 0 Å². The molecule has 0 amide bonds. The van der Waals surface area contributed by atoms with Crippen molar-refractivity contribution in [3.05, 3.63) is 0 Å². The van der Waals surface area contributed by atoms with Crippen LogP contribution in [0.3, 0.4) is 0 Å². The van der Waals surface area contributed by atoms with Gasteiger partial charge in [0.2, 0.25) is 0 Å². The average Bonchev–Trinajstić information content (AvgIpc) is 2.18. The molecule has 1 aliphatic heterocycles. The molecule has 1 aliphatic rings. The average molecular weight is 208 g/mol. The van der Waals surface area contributed by atoms with E-state index in [9.17, 15) is 20.8 Å². The standard InChI is InChI=1S/C6H16N4O4/c11-7-1-2-8(12)4-6-10(14)9(13)5-3-7/h11-14H,1-6H2. The summed E-state index contributed by atoms with van der Waals surface area (Å²) in [6, 6.07) is 0. The van der Waals surface area contributed by atoms with Gasteiger partial charge in [-0.1, -0.05) is 10.3 Å². The van der Waals surface area contributed by atoms with Crippen LogP contribution in [0.5, 0.6) is 0 Å². The third kappa shape index (κ3) is 3.82. The molecule has 8 nitrogen and oxygen atoms in total. The molecule has 0 bridgehead atoms. The maximum atomic E-state index is 9.21. The fourth-order valence-electron chi connectivity index (χ4n) is 1.10. The first-order valence-corrected chi connectivity index (χ1v) is 4.40. The van der Waals surface area contributed by atoms with Crippen LogP contribution in [-0.4, -0.2) is 80.6 Å². The minimum atomic E-state index is 0.0957. The van der Waals surface area contributed by atoms with E-state index in [-0.39, 0.29) is 39.3 Å². The van der Waals surface area contributed by atoms with Gasteiger partial charge >= 0.3 is 0 Å². The zero-order chi connectivity index (χ0) is 10.6. The lowest BCUT2D eigenvalue weighted by Gasteiger charge is -2.29. The first-order chi connectivity index (χ1) is 6.59. The van der Waals surface area contributed by atoms with Gasteiger partial charge < -0.3 is 10.4 Å². The summed E-state index contributed by atoms with van der Waals surface area (Å²) in [6.45, 7) is 1.13. The van der Waals surface area contributed by atoms with E-state index in [2.05, 4.69) is 0 Å². The lowest BCUT2D eigenvalue weighted by atomic mass is 10.5. The van der Waals surface area contributed by atoms with E-state index >= 15 is 0 Å². The maximum Gasteiger partial charge on any atom is 0.0574 e. The summed E-state index contributed by atoms with van der Waals surface area (Å²) < 4.78 is 0. The highest BCUT2D eigenvalue weighted by Crippen LogP contribution is 1.95. The topological polar surface area (TPSA) is 93.9 Å². The molecule has 0 aliphatic carbocycles. The molecule has 14 heavy (non-hydrogen) atoms. The molecule has 1 heterocycles. The Labute approximate surface area is 81.6 Å². The number of rotatable bonds is 0. The van der Waals surface area contributed by atoms with E-state index in [4.69, 9.17) is 0 Å². The largest absolute Gasteiger partial charge is 0.314 e. The van der Waals surface area contributed by atoms with Crippen LogP contribution in [0.25, 0.3) is 0 Å². The Bertz CT molecular complexity index is 154. The van der Waals surface area contributed by atoms with Gasteiger partial charge in [-0.25, -0.2) is 0 Å². The summed E-state index contributed by atoms with van der Waals surface area (Å²) in [6.07, 6.45) is 0. The van der Waals surface area contributed by atoms with Crippen LogP contribution >= 0.6 is 0 Å². The molecule has 0 aromatic heterocycles. The van der Waals surface area contributed by atoms with Gasteiger partial charge in [-0.2, -0.15) is 10.1 Å². The molecule has 1 rings (SSSR count). The van der Waals surface area contributed by atoms with Crippen molar-refractivity contribution in [1.82, 2.24) is 20.5 Å². The molecule has 0 aromatic rings. The second kappa shape index (κ2) is 5.53. The third-order valence-electron chi connectivity index (χ3n) is 2.00. The fraction of sp³-hybridized carbons (Fsp3) is 1.00.